The number of likely N-dealkylation sites (N-methyl/N-ethyl adjacent to an activating group) is 1. The lowest BCUT2D eigenvalue weighted by atomic mass is 9.54. The quantitative estimate of drug-likeness (QED) is 0.0597. The number of benzene rings is 2. The molecule has 0 spiro atoms. The number of aliphatic hydroxyl groups excluding tert-OH is 2. The highest BCUT2D eigenvalue weighted by atomic mass is 16.5. The maximum atomic E-state index is 13.8. The fourth-order valence-corrected chi connectivity index (χ4v) is 11.1. The molecule has 4 aliphatic rings. The number of ketones is 2. The highest BCUT2D eigenvalue weighted by Gasteiger charge is 2.66. The van der Waals surface area contributed by atoms with Crippen LogP contribution in [-0.2, 0) is 42.4 Å². The van der Waals surface area contributed by atoms with Gasteiger partial charge in [0.2, 0.25) is 11.5 Å². The summed E-state index contributed by atoms with van der Waals surface area (Å²) in [5.41, 5.74) is 2.33. The van der Waals surface area contributed by atoms with Crippen LogP contribution in [0.25, 0.3) is 5.76 Å². The van der Waals surface area contributed by atoms with Gasteiger partial charge in [-0.15, -0.1) is 0 Å². The number of aromatic nitrogens is 2. The lowest BCUT2D eigenvalue weighted by molar-refractivity contribution is -0.159. The number of piperidine rings is 1. The number of ether oxygens (including phenoxy) is 4. The summed E-state index contributed by atoms with van der Waals surface area (Å²) in [6.45, 7) is 1.87. The number of hydrogen-bond donors (Lipinski definition) is 6. The van der Waals surface area contributed by atoms with Crippen LogP contribution in [0.1, 0.15) is 80.5 Å². The molecule has 20 nitrogen and oxygen atoms in total. The molecule has 76 heavy (non-hydrogen) atoms. The van der Waals surface area contributed by atoms with Crippen molar-refractivity contribution in [3.8, 4) is 23.0 Å². The first kappa shape index (κ1) is 56.2. The summed E-state index contributed by atoms with van der Waals surface area (Å²) in [6, 6.07) is 13.5. The number of rotatable bonds is 16. The number of anilines is 1. The van der Waals surface area contributed by atoms with E-state index in [1.54, 1.807) is 36.5 Å². The van der Waals surface area contributed by atoms with Gasteiger partial charge >= 0.3 is 12.0 Å². The minimum atomic E-state index is -2.75. The van der Waals surface area contributed by atoms with Crippen molar-refractivity contribution < 1.29 is 68.5 Å². The number of esters is 1. The number of urea groups is 1. The van der Waals surface area contributed by atoms with Gasteiger partial charge in [-0.25, -0.2) is 9.59 Å². The molecule has 3 amide bonds. The maximum Gasteiger partial charge on any atom is 0.329 e. The first-order valence-corrected chi connectivity index (χ1v) is 25.2. The van der Waals surface area contributed by atoms with Gasteiger partial charge in [-0.1, -0.05) is 24.3 Å². The average molecular weight is 1050 g/mol. The zero-order valence-corrected chi connectivity index (χ0v) is 43.9. The summed E-state index contributed by atoms with van der Waals surface area (Å²) < 4.78 is 22.6. The Balaban J connectivity index is 0.000000232. The Bertz CT molecular complexity index is 2800. The van der Waals surface area contributed by atoms with Gasteiger partial charge in [0.15, 0.2) is 22.9 Å². The summed E-state index contributed by atoms with van der Waals surface area (Å²) in [4.78, 5) is 79.1. The monoisotopic (exact) mass is 1050 g/mol. The second kappa shape index (κ2) is 23.6. The first-order chi connectivity index (χ1) is 36.2. The predicted octanol–water partition coefficient (Wildman–Crippen LogP) is 5.50. The van der Waals surface area contributed by atoms with Crippen molar-refractivity contribution in [1.82, 2.24) is 19.8 Å². The van der Waals surface area contributed by atoms with E-state index in [2.05, 4.69) is 22.1 Å². The number of nitrogens with zero attached hydrogens (tertiary/aromatic N) is 5. The van der Waals surface area contributed by atoms with E-state index < -0.39 is 81.0 Å². The molecule has 406 valence electrons. The van der Waals surface area contributed by atoms with E-state index >= 15 is 0 Å². The van der Waals surface area contributed by atoms with Crippen molar-refractivity contribution >= 4 is 40.9 Å². The maximum absolute atomic E-state index is 13.8. The Kier molecular flexibility index (Phi) is 17.4. The van der Waals surface area contributed by atoms with E-state index in [4.69, 9.17) is 24.7 Å². The minimum absolute atomic E-state index is 0.170. The van der Waals surface area contributed by atoms with Crippen LogP contribution in [0.5, 0.6) is 23.0 Å². The fraction of sp³-hybridized carbons (Fsp3) is 0.446. The van der Waals surface area contributed by atoms with Crippen LogP contribution in [0.4, 0.5) is 10.5 Å². The third kappa shape index (κ3) is 10.9. The Morgan fingerprint density at radius 3 is 1.99 bits per heavy atom. The van der Waals surface area contributed by atoms with Gasteiger partial charge in [0.05, 0.1) is 44.2 Å². The average Bonchev–Trinajstić information content (AvgIpc) is 3.54. The number of fused-ring (bicyclic) bond motifs is 3. The van der Waals surface area contributed by atoms with Gasteiger partial charge in [0.25, 0.3) is 5.91 Å². The molecule has 2 aromatic carbocycles. The number of Topliss-reactive ketones (excluding diaryl/α,β-unsaturated/α-hetero) is 2. The highest BCUT2D eigenvalue weighted by Crippen LogP contribution is 2.57. The molecule has 8 rings (SSSR count). The summed E-state index contributed by atoms with van der Waals surface area (Å²) >= 11 is 0. The third-order valence-electron chi connectivity index (χ3n) is 15.1. The Morgan fingerprint density at radius 2 is 1.46 bits per heavy atom. The standard InChI is InChI=1S/C34H44N4O6.C22H24N2O8/c1-37(27-21-30(41-2)32(43-4)31(22-27)42-3)34(40)38-20-6-5-17-29(38)33(39)44-28(15-7-11-25-13-9-18-35-23-25)16-8-12-26-14-10-19-36-24-26;1-21(31)8-5-4-6-11(25)12(8)16(26)13-9(21)7-10-15(24(2)3)17(27)14(20(23)30)19(29)22(10,32)18(13)28/h9-10,13-14,18-19,21-24,28-29H,5-8,11-12,15-17,20H2,1-4H3;4-6,9-10,15,25-26,29,31-32H,7H2,1-3H3,(H2,23,30)/t29-;9-,10-,15-,21+,22-/m00/s1. The summed E-state index contributed by atoms with van der Waals surface area (Å²) in [5.74, 6) is -6.92. The largest absolute Gasteiger partial charge is 0.508 e. The third-order valence-corrected chi connectivity index (χ3v) is 15.1. The molecule has 4 aromatic rings. The molecule has 2 fully saturated rings. The van der Waals surface area contributed by atoms with Crippen LogP contribution in [0.15, 0.2) is 96.3 Å². The number of methoxy groups -OCH3 is 3. The number of carbonyl (C=O) groups is 5. The highest BCUT2D eigenvalue weighted by molar-refractivity contribution is 6.24. The molecule has 6 atom stereocenters. The first-order valence-electron chi connectivity index (χ1n) is 25.2. The molecular formula is C56H68N6O14. The van der Waals surface area contributed by atoms with Gasteiger partial charge in [0.1, 0.15) is 35.0 Å². The number of likely N-dealkylation sites (tertiary alicyclic amines) is 1. The van der Waals surface area contributed by atoms with E-state index in [0.29, 0.717) is 35.9 Å². The number of aliphatic hydroxyl groups is 4. The number of nitrogens with two attached hydrogens (primary N) is 1. The second-order valence-corrected chi connectivity index (χ2v) is 20.0. The van der Waals surface area contributed by atoms with Crippen LogP contribution in [-0.4, -0.2) is 148 Å². The normalized spacial score (nSPS) is 23.0. The molecule has 1 saturated carbocycles. The van der Waals surface area contributed by atoms with Crippen molar-refractivity contribution in [3.05, 3.63) is 119 Å². The number of amides is 3. The fourth-order valence-electron chi connectivity index (χ4n) is 11.1. The van der Waals surface area contributed by atoms with Gasteiger partial charge < -0.3 is 55.1 Å². The predicted molar refractivity (Wildman–Crippen MR) is 279 cm³/mol. The molecule has 20 heteroatoms. The van der Waals surface area contributed by atoms with Crippen molar-refractivity contribution in [3.63, 3.8) is 0 Å². The lowest BCUT2D eigenvalue weighted by Crippen LogP contribution is -2.67. The summed E-state index contributed by atoms with van der Waals surface area (Å²) in [6.07, 6.45) is 14.0. The van der Waals surface area contributed by atoms with E-state index in [-0.39, 0.29) is 35.7 Å². The van der Waals surface area contributed by atoms with Gasteiger partial charge in [0, 0.05) is 67.9 Å². The number of phenols is 1. The van der Waals surface area contributed by atoms with Crippen LogP contribution in [0.3, 0.4) is 0 Å². The van der Waals surface area contributed by atoms with E-state index in [9.17, 15) is 49.5 Å². The molecule has 1 saturated heterocycles. The number of carbonyl (C=O) groups excluding carboxylic acids is 5. The minimum Gasteiger partial charge on any atom is -0.508 e. The number of aryl methyl sites for hydroxylation is 2. The number of aromatic hydroxyl groups is 1. The molecule has 0 radical (unpaired) electrons. The van der Waals surface area contributed by atoms with Crippen LogP contribution in [0, 0.1) is 11.8 Å². The number of phenolic OH excluding ortho intramolecular Hbond substituents is 1. The molecule has 7 N–H and O–H groups in total. The topological polar surface area (TPSA) is 285 Å². The molecule has 0 bridgehead atoms. The molecular weight excluding hydrogens is 981 g/mol. The second-order valence-electron chi connectivity index (χ2n) is 20.0. The van der Waals surface area contributed by atoms with E-state index in [1.165, 1.54) is 70.3 Å². The van der Waals surface area contributed by atoms with Crippen molar-refractivity contribution in [2.45, 2.75) is 101 Å². The SMILES string of the molecule is CN(C)[C@@H]1C(=O)C(C(N)=O)=C(O)[C@@]2(O)C(=O)C3=C(O)c4c(O)cccc4[C@@](C)(O)[C@H]3C[C@@H]12.COc1cc(N(C)C(=O)N2CCCC[C@H]2C(=O)OC(CCCc2cccnc2)CCCc2cccnc2)cc(OC)c1OC. The molecule has 1 aliphatic heterocycles. The summed E-state index contributed by atoms with van der Waals surface area (Å²) in [7, 11) is 9.28. The smallest absolute Gasteiger partial charge is 0.329 e. The molecule has 3 heterocycles. The van der Waals surface area contributed by atoms with Crippen LogP contribution < -0.4 is 24.8 Å². The van der Waals surface area contributed by atoms with Gasteiger partial charge in [-0.05, 0) is 120 Å². The van der Waals surface area contributed by atoms with E-state index in [1.807, 2.05) is 24.5 Å². The van der Waals surface area contributed by atoms with Crippen molar-refractivity contribution in [1.29, 1.82) is 0 Å². The number of pyridine rings is 2. The number of hydrogen-bond acceptors (Lipinski definition) is 17. The number of primary amides is 1. The van der Waals surface area contributed by atoms with Crippen LogP contribution >= 0.6 is 0 Å². The molecule has 3 aliphatic carbocycles. The Morgan fingerprint density at radius 1 is 0.855 bits per heavy atom. The van der Waals surface area contributed by atoms with Crippen molar-refractivity contribution in [2.24, 2.45) is 17.6 Å². The molecule has 2 aromatic heterocycles. The molecule has 0 unspecified atom stereocenters. The Hall–Kier alpha value is -7.55. The van der Waals surface area contributed by atoms with Crippen molar-refractivity contribution in [2.75, 3.05) is 53.9 Å². The zero-order chi connectivity index (χ0) is 55.2. The lowest BCUT2D eigenvalue weighted by Gasteiger charge is -2.53. The van der Waals surface area contributed by atoms with Gasteiger partial charge in [-0.3, -0.25) is 34.2 Å². The van der Waals surface area contributed by atoms with Gasteiger partial charge in [-0.2, -0.15) is 0 Å². The van der Waals surface area contributed by atoms with Crippen LogP contribution in [0.2, 0.25) is 0 Å². The Labute approximate surface area is 441 Å². The summed E-state index contributed by atoms with van der Waals surface area (Å²) in [5, 5.41) is 54.9. The van der Waals surface area contributed by atoms with E-state index in [0.717, 1.165) is 62.5 Å². The zero-order valence-electron chi connectivity index (χ0n) is 43.9.